The van der Waals surface area contributed by atoms with Crippen molar-refractivity contribution in [1.29, 1.82) is 0 Å². The van der Waals surface area contributed by atoms with E-state index in [1.165, 1.54) is 5.20 Å². The third-order valence-electron chi connectivity index (χ3n) is 2.03. The fraction of sp³-hybridized carbons (Fsp3) is 0.600. The van der Waals surface area contributed by atoms with Crippen LogP contribution in [0.1, 0.15) is 6.42 Å². The number of hydrogen-bond donors (Lipinski definition) is 0. The van der Waals surface area contributed by atoms with E-state index in [0.29, 0.717) is 0 Å². The molecule has 3 heteroatoms. The molecule has 0 radical (unpaired) electrons. The summed E-state index contributed by atoms with van der Waals surface area (Å²) in [6, 6.07) is 0. The van der Waals surface area contributed by atoms with E-state index in [2.05, 4.69) is 51.0 Å². The molecule has 0 fully saturated rings. The highest BCUT2D eigenvalue weighted by Crippen LogP contribution is 2.25. The third kappa shape index (κ3) is 3.25. The SMILES string of the molecule is C[Si](C)(C)O[Si](C)(C)C1=CCC=C1. The fourth-order valence-electron chi connectivity index (χ4n) is 1.73. The Bertz CT molecular complexity index is 246. The van der Waals surface area contributed by atoms with Crippen molar-refractivity contribution < 1.29 is 4.12 Å². The molecule has 1 aliphatic rings. The summed E-state index contributed by atoms with van der Waals surface area (Å²) in [6.07, 6.45) is 7.87. The van der Waals surface area contributed by atoms with Crippen molar-refractivity contribution >= 4 is 16.6 Å². The molecule has 0 aromatic carbocycles. The molecule has 0 amide bonds. The standard InChI is InChI=1S/C10H20OSi2/c1-12(2,3)11-13(4,5)10-8-6-7-9-10/h6,8-9H,7H2,1-5H3. The van der Waals surface area contributed by atoms with Crippen molar-refractivity contribution in [3.05, 3.63) is 23.4 Å². The van der Waals surface area contributed by atoms with Gasteiger partial charge in [-0.15, -0.1) is 0 Å². The molecule has 0 aliphatic heterocycles. The van der Waals surface area contributed by atoms with E-state index in [9.17, 15) is 0 Å². The Kier molecular flexibility index (Phi) is 2.99. The van der Waals surface area contributed by atoms with Crippen molar-refractivity contribution in [3.8, 4) is 0 Å². The first kappa shape index (κ1) is 11.0. The maximum atomic E-state index is 6.27. The summed E-state index contributed by atoms with van der Waals surface area (Å²) in [6.45, 7) is 11.4. The van der Waals surface area contributed by atoms with E-state index in [1.807, 2.05) is 0 Å². The summed E-state index contributed by atoms with van der Waals surface area (Å²) in [5.41, 5.74) is 0. The Hall–Kier alpha value is -0.126. The summed E-state index contributed by atoms with van der Waals surface area (Å²) < 4.78 is 6.27. The minimum Gasteiger partial charge on any atom is -0.452 e. The Morgan fingerprint density at radius 3 is 2.15 bits per heavy atom. The molecule has 0 atom stereocenters. The number of allylic oxidation sites excluding steroid dienone is 4. The molecule has 74 valence electrons. The van der Waals surface area contributed by atoms with Crippen molar-refractivity contribution in [2.45, 2.75) is 39.2 Å². The van der Waals surface area contributed by atoms with Gasteiger partial charge in [-0.25, -0.2) is 0 Å². The molecule has 0 saturated heterocycles. The predicted molar refractivity (Wildman–Crippen MR) is 63.8 cm³/mol. The summed E-state index contributed by atoms with van der Waals surface area (Å²) in [5, 5.41) is 1.47. The molecule has 13 heavy (non-hydrogen) atoms. The van der Waals surface area contributed by atoms with Gasteiger partial charge < -0.3 is 4.12 Å². The first-order chi connectivity index (χ1) is 5.81. The Balaban J connectivity index is 2.71. The van der Waals surface area contributed by atoms with Crippen LogP contribution >= 0.6 is 0 Å². The first-order valence-electron chi connectivity index (χ1n) is 4.89. The van der Waals surface area contributed by atoms with Crippen LogP contribution < -0.4 is 0 Å². The molecule has 0 unspecified atom stereocenters. The van der Waals surface area contributed by atoms with E-state index in [4.69, 9.17) is 4.12 Å². The quantitative estimate of drug-likeness (QED) is 0.651. The van der Waals surface area contributed by atoms with Gasteiger partial charge in [0, 0.05) is 0 Å². The second-order valence-electron chi connectivity index (χ2n) is 5.02. The number of rotatable bonds is 3. The van der Waals surface area contributed by atoms with E-state index in [1.54, 1.807) is 0 Å². The lowest BCUT2D eigenvalue weighted by Crippen LogP contribution is -2.43. The zero-order valence-electron chi connectivity index (χ0n) is 9.35. The van der Waals surface area contributed by atoms with E-state index in [0.717, 1.165) is 6.42 Å². The molecule has 0 aromatic heterocycles. The largest absolute Gasteiger partial charge is 0.452 e. The number of hydrogen-bond acceptors (Lipinski definition) is 1. The Morgan fingerprint density at radius 1 is 1.15 bits per heavy atom. The van der Waals surface area contributed by atoms with Crippen molar-refractivity contribution in [3.63, 3.8) is 0 Å². The van der Waals surface area contributed by atoms with Gasteiger partial charge >= 0.3 is 0 Å². The average molecular weight is 212 g/mol. The molecule has 0 aromatic rings. The van der Waals surface area contributed by atoms with Gasteiger partial charge in [0.05, 0.1) is 0 Å². The molecule has 0 saturated carbocycles. The van der Waals surface area contributed by atoms with Crippen LogP contribution in [0.25, 0.3) is 0 Å². The maximum absolute atomic E-state index is 6.27. The van der Waals surface area contributed by atoms with Gasteiger partial charge in [-0.2, -0.15) is 0 Å². The normalized spacial score (nSPS) is 17.8. The highest BCUT2D eigenvalue weighted by Gasteiger charge is 2.32. The van der Waals surface area contributed by atoms with Crippen LogP contribution in [0.2, 0.25) is 32.7 Å². The summed E-state index contributed by atoms with van der Waals surface area (Å²) in [7, 11) is -2.94. The molecular formula is C10H20OSi2. The van der Waals surface area contributed by atoms with Gasteiger partial charge in [0.2, 0.25) is 8.32 Å². The minimum atomic E-state index is -1.57. The molecule has 1 rings (SSSR count). The van der Waals surface area contributed by atoms with Crippen LogP contribution in [0.5, 0.6) is 0 Å². The van der Waals surface area contributed by atoms with E-state index >= 15 is 0 Å². The molecule has 0 N–H and O–H groups in total. The Labute approximate surface area is 83.8 Å². The van der Waals surface area contributed by atoms with Gasteiger partial charge in [0.25, 0.3) is 0 Å². The van der Waals surface area contributed by atoms with E-state index < -0.39 is 16.6 Å². The predicted octanol–water partition coefficient (Wildman–Crippen LogP) is 3.47. The minimum absolute atomic E-state index is 1.10. The molecular weight excluding hydrogens is 192 g/mol. The average Bonchev–Trinajstić information content (AvgIpc) is 2.29. The van der Waals surface area contributed by atoms with Crippen LogP contribution in [0.4, 0.5) is 0 Å². The van der Waals surface area contributed by atoms with Gasteiger partial charge in [0.1, 0.15) is 0 Å². The van der Waals surface area contributed by atoms with Gasteiger partial charge in [-0.1, -0.05) is 18.2 Å². The zero-order valence-corrected chi connectivity index (χ0v) is 11.3. The van der Waals surface area contributed by atoms with Crippen molar-refractivity contribution in [2.24, 2.45) is 0 Å². The van der Waals surface area contributed by atoms with Crippen LogP contribution in [0.15, 0.2) is 23.4 Å². The maximum Gasteiger partial charge on any atom is 0.205 e. The second kappa shape index (κ2) is 3.55. The monoisotopic (exact) mass is 212 g/mol. The lowest BCUT2D eigenvalue weighted by atomic mass is 10.5. The van der Waals surface area contributed by atoms with Crippen LogP contribution in [-0.4, -0.2) is 16.6 Å². The molecule has 1 aliphatic carbocycles. The highest BCUT2D eigenvalue weighted by molar-refractivity contribution is 6.88. The fourth-order valence-corrected chi connectivity index (χ4v) is 9.45. The molecule has 1 nitrogen and oxygen atoms in total. The second-order valence-corrected chi connectivity index (χ2v) is 13.7. The zero-order chi connectivity index (χ0) is 10.1. The molecule has 0 bridgehead atoms. The van der Waals surface area contributed by atoms with Crippen LogP contribution in [0, 0.1) is 0 Å². The van der Waals surface area contributed by atoms with Gasteiger partial charge in [0.15, 0.2) is 8.32 Å². The topological polar surface area (TPSA) is 9.23 Å². The summed E-state index contributed by atoms with van der Waals surface area (Å²) in [5.74, 6) is 0. The van der Waals surface area contributed by atoms with Gasteiger partial charge in [-0.3, -0.25) is 0 Å². The first-order valence-corrected chi connectivity index (χ1v) is 11.2. The highest BCUT2D eigenvalue weighted by atomic mass is 28.4. The van der Waals surface area contributed by atoms with Crippen molar-refractivity contribution in [2.75, 3.05) is 0 Å². The third-order valence-corrected chi connectivity index (χ3v) is 8.28. The van der Waals surface area contributed by atoms with Crippen molar-refractivity contribution in [1.82, 2.24) is 0 Å². The molecule has 0 heterocycles. The van der Waals surface area contributed by atoms with Crippen LogP contribution in [0.3, 0.4) is 0 Å². The smallest absolute Gasteiger partial charge is 0.205 e. The molecule has 0 spiro atoms. The van der Waals surface area contributed by atoms with Gasteiger partial charge in [-0.05, 0) is 44.4 Å². The summed E-state index contributed by atoms with van der Waals surface area (Å²) in [4.78, 5) is 0. The van der Waals surface area contributed by atoms with Crippen LogP contribution in [-0.2, 0) is 4.12 Å². The van der Waals surface area contributed by atoms with E-state index in [-0.39, 0.29) is 0 Å². The Morgan fingerprint density at radius 2 is 1.77 bits per heavy atom. The lowest BCUT2D eigenvalue weighted by molar-refractivity contribution is 0.562. The summed E-state index contributed by atoms with van der Waals surface area (Å²) >= 11 is 0. The lowest BCUT2D eigenvalue weighted by Gasteiger charge is -2.31.